The highest BCUT2D eigenvalue weighted by molar-refractivity contribution is 6.36. The molecule has 2 rings (SSSR count). The monoisotopic (exact) mass is 268 g/mol. The fraction of sp³-hybridized carbons (Fsp3) is 0.0833. The fourth-order valence-electron chi connectivity index (χ4n) is 1.40. The van der Waals surface area contributed by atoms with Crippen molar-refractivity contribution in [1.82, 2.24) is 4.98 Å². The van der Waals surface area contributed by atoms with E-state index in [1.54, 1.807) is 18.5 Å². The molecule has 0 atom stereocenters. The summed E-state index contributed by atoms with van der Waals surface area (Å²) in [7, 11) is 0. The number of hydrogen-bond donors (Lipinski definition) is 2. The predicted molar refractivity (Wildman–Crippen MR) is 69.7 cm³/mol. The highest BCUT2D eigenvalue weighted by atomic mass is 35.5. The lowest BCUT2D eigenvalue weighted by atomic mass is 10.2. The van der Waals surface area contributed by atoms with Gasteiger partial charge in [-0.25, -0.2) is 0 Å². The molecule has 0 aliphatic rings. The van der Waals surface area contributed by atoms with Gasteiger partial charge < -0.3 is 10.4 Å². The zero-order valence-electron chi connectivity index (χ0n) is 8.82. The number of nitrogens with one attached hydrogen (secondary N) is 1. The van der Waals surface area contributed by atoms with Crippen molar-refractivity contribution >= 4 is 28.9 Å². The third-order valence-electron chi connectivity index (χ3n) is 2.23. The summed E-state index contributed by atoms with van der Waals surface area (Å²) in [5, 5.41) is 13.5. The molecule has 2 aromatic rings. The number of rotatable bonds is 3. The summed E-state index contributed by atoms with van der Waals surface area (Å²) in [6, 6.07) is 6.90. The van der Waals surface area contributed by atoms with Crippen LogP contribution in [0, 0.1) is 0 Å². The summed E-state index contributed by atoms with van der Waals surface area (Å²) < 4.78 is 0. The summed E-state index contributed by atoms with van der Waals surface area (Å²) >= 11 is 11.7. The van der Waals surface area contributed by atoms with Crippen LogP contribution in [0.2, 0.25) is 10.0 Å². The minimum Gasteiger partial charge on any atom is -0.504 e. The fourth-order valence-corrected chi connectivity index (χ4v) is 1.89. The maximum Gasteiger partial charge on any atom is 0.157 e. The van der Waals surface area contributed by atoms with Crippen molar-refractivity contribution in [3.05, 3.63) is 52.3 Å². The average Bonchev–Trinajstić information content (AvgIpc) is 2.33. The molecule has 1 heterocycles. The number of aromatic hydroxyl groups is 1. The molecule has 0 radical (unpaired) electrons. The van der Waals surface area contributed by atoms with Crippen molar-refractivity contribution in [3.63, 3.8) is 0 Å². The predicted octanol–water partition coefficient (Wildman–Crippen LogP) is 3.71. The summed E-state index contributed by atoms with van der Waals surface area (Å²) in [5.74, 6) is -0.0000398. The lowest BCUT2D eigenvalue weighted by molar-refractivity contribution is 0.477. The summed E-state index contributed by atoms with van der Waals surface area (Å²) in [6.45, 7) is 0.540. The van der Waals surface area contributed by atoms with Gasteiger partial charge in [0.2, 0.25) is 0 Å². The van der Waals surface area contributed by atoms with Crippen LogP contribution in [0.5, 0.6) is 5.75 Å². The van der Waals surface area contributed by atoms with Gasteiger partial charge in [0.25, 0.3) is 0 Å². The second kappa shape index (κ2) is 5.25. The van der Waals surface area contributed by atoms with Crippen LogP contribution < -0.4 is 5.32 Å². The molecule has 17 heavy (non-hydrogen) atoms. The SMILES string of the molecule is Oc1c(Cl)cc(Cl)cc1NCc1cccnc1. The molecule has 5 heteroatoms. The van der Waals surface area contributed by atoms with Crippen LogP contribution in [0.3, 0.4) is 0 Å². The van der Waals surface area contributed by atoms with E-state index in [1.165, 1.54) is 6.07 Å². The first-order valence-corrected chi connectivity index (χ1v) is 5.73. The van der Waals surface area contributed by atoms with E-state index in [9.17, 15) is 5.11 Å². The quantitative estimate of drug-likeness (QED) is 0.835. The molecule has 2 N–H and O–H groups in total. The van der Waals surface area contributed by atoms with Crippen molar-refractivity contribution in [2.75, 3.05) is 5.32 Å². The Hall–Kier alpha value is -1.45. The van der Waals surface area contributed by atoms with Gasteiger partial charge in [-0.05, 0) is 23.8 Å². The van der Waals surface area contributed by atoms with Gasteiger partial charge in [-0.1, -0.05) is 29.3 Å². The van der Waals surface area contributed by atoms with Crippen molar-refractivity contribution in [2.45, 2.75) is 6.54 Å². The summed E-state index contributed by atoms with van der Waals surface area (Å²) in [4.78, 5) is 4.00. The van der Waals surface area contributed by atoms with Crippen molar-refractivity contribution in [3.8, 4) is 5.75 Å². The maximum absolute atomic E-state index is 9.73. The third-order valence-corrected chi connectivity index (χ3v) is 2.74. The number of phenolic OH excluding ortho intramolecular Hbond substituents is 1. The van der Waals surface area contributed by atoms with E-state index in [2.05, 4.69) is 10.3 Å². The molecule has 88 valence electrons. The molecular formula is C12H10Cl2N2O. The van der Waals surface area contributed by atoms with Gasteiger partial charge >= 0.3 is 0 Å². The van der Waals surface area contributed by atoms with Crippen molar-refractivity contribution in [2.24, 2.45) is 0 Å². The number of pyridine rings is 1. The van der Waals surface area contributed by atoms with Gasteiger partial charge in [-0.3, -0.25) is 4.98 Å². The summed E-state index contributed by atoms with van der Waals surface area (Å²) in [5.41, 5.74) is 1.51. The molecule has 0 saturated heterocycles. The van der Waals surface area contributed by atoms with Gasteiger partial charge in [-0.15, -0.1) is 0 Å². The zero-order chi connectivity index (χ0) is 12.3. The van der Waals surface area contributed by atoms with E-state index in [0.717, 1.165) is 5.56 Å². The summed E-state index contributed by atoms with van der Waals surface area (Å²) in [6.07, 6.45) is 3.45. The number of phenols is 1. The van der Waals surface area contributed by atoms with Gasteiger partial charge in [0.15, 0.2) is 5.75 Å². The molecule has 0 unspecified atom stereocenters. The Balaban J connectivity index is 2.14. The van der Waals surface area contributed by atoms with Crippen LogP contribution in [0.1, 0.15) is 5.56 Å². The van der Waals surface area contributed by atoms with Crippen molar-refractivity contribution in [1.29, 1.82) is 0 Å². The molecule has 0 saturated carbocycles. The first kappa shape index (κ1) is 12.0. The van der Waals surface area contributed by atoms with Gasteiger partial charge in [0.1, 0.15) is 0 Å². The van der Waals surface area contributed by atoms with Gasteiger partial charge in [0, 0.05) is 24.0 Å². The lowest BCUT2D eigenvalue weighted by Gasteiger charge is -2.10. The molecule has 0 amide bonds. The smallest absolute Gasteiger partial charge is 0.157 e. The molecule has 1 aromatic heterocycles. The van der Waals surface area contributed by atoms with Crippen LogP contribution in [-0.4, -0.2) is 10.1 Å². The normalized spacial score (nSPS) is 10.2. The maximum atomic E-state index is 9.73. The van der Waals surface area contributed by atoms with E-state index < -0.39 is 0 Å². The standard InChI is InChI=1S/C12H10Cl2N2O/c13-9-4-10(14)12(17)11(5-9)16-7-8-2-1-3-15-6-8/h1-6,16-17H,7H2. The Morgan fingerprint density at radius 3 is 2.82 bits per heavy atom. The topological polar surface area (TPSA) is 45.1 Å². The molecule has 0 spiro atoms. The number of hydrogen-bond acceptors (Lipinski definition) is 3. The number of anilines is 1. The molecule has 3 nitrogen and oxygen atoms in total. The van der Waals surface area contributed by atoms with E-state index in [-0.39, 0.29) is 10.8 Å². The Morgan fingerprint density at radius 2 is 2.12 bits per heavy atom. The Morgan fingerprint density at radius 1 is 1.29 bits per heavy atom. The van der Waals surface area contributed by atoms with E-state index in [1.807, 2.05) is 12.1 Å². The van der Waals surface area contributed by atoms with Crippen LogP contribution in [0.15, 0.2) is 36.7 Å². The first-order valence-electron chi connectivity index (χ1n) is 4.97. The number of benzene rings is 1. The van der Waals surface area contributed by atoms with Crippen molar-refractivity contribution < 1.29 is 5.11 Å². The van der Waals surface area contributed by atoms with Gasteiger partial charge in [0.05, 0.1) is 10.7 Å². The number of halogens is 2. The molecule has 0 bridgehead atoms. The van der Waals surface area contributed by atoms with Crippen LogP contribution in [-0.2, 0) is 6.54 Å². The van der Waals surface area contributed by atoms with E-state index in [0.29, 0.717) is 17.3 Å². The minimum absolute atomic E-state index is 0.0000398. The van der Waals surface area contributed by atoms with Gasteiger partial charge in [-0.2, -0.15) is 0 Å². The van der Waals surface area contributed by atoms with E-state index in [4.69, 9.17) is 23.2 Å². The third kappa shape index (κ3) is 3.02. The van der Waals surface area contributed by atoms with Crippen LogP contribution in [0.25, 0.3) is 0 Å². The second-order valence-corrected chi connectivity index (χ2v) is 4.34. The average molecular weight is 269 g/mol. The minimum atomic E-state index is -0.0000398. The zero-order valence-corrected chi connectivity index (χ0v) is 10.3. The van der Waals surface area contributed by atoms with E-state index >= 15 is 0 Å². The number of nitrogens with zero attached hydrogens (tertiary/aromatic N) is 1. The number of aromatic nitrogens is 1. The molecule has 0 aliphatic heterocycles. The molecular weight excluding hydrogens is 259 g/mol. The lowest BCUT2D eigenvalue weighted by Crippen LogP contribution is -2.00. The van der Waals surface area contributed by atoms with Crippen LogP contribution >= 0.6 is 23.2 Å². The largest absolute Gasteiger partial charge is 0.504 e. The first-order chi connectivity index (χ1) is 8.16. The Bertz CT molecular complexity index is 517. The Kier molecular flexibility index (Phi) is 3.71. The van der Waals surface area contributed by atoms with Crippen LogP contribution in [0.4, 0.5) is 5.69 Å². The molecule has 0 aliphatic carbocycles. The molecule has 0 fully saturated rings. The molecule has 1 aromatic carbocycles. The Labute approximate surface area is 109 Å². The second-order valence-electron chi connectivity index (χ2n) is 3.50. The highest BCUT2D eigenvalue weighted by Crippen LogP contribution is 2.35. The highest BCUT2D eigenvalue weighted by Gasteiger charge is 2.07.